The van der Waals surface area contributed by atoms with Crippen LogP contribution in [0.1, 0.15) is 0 Å². The van der Waals surface area contributed by atoms with E-state index in [-0.39, 0.29) is 5.75 Å². The van der Waals surface area contributed by atoms with Crippen LogP contribution in [0, 0.1) is 0 Å². The summed E-state index contributed by atoms with van der Waals surface area (Å²) in [5.41, 5.74) is 0. The maximum Gasteiger partial charge on any atom is 0.281 e. The Morgan fingerprint density at radius 1 is 1.64 bits per heavy atom. The normalized spacial score (nSPS) is 32.1. The fourth-order valence-electron chi connectivity index (χ4n) is 0.721. The molecule has 0 bridgehead atoms. The van der Waals surface area contributed by atoms with E-state index in [1.54, 1.807) is 0 Å². The van der Waals surface area contributed by atoms with Crippen LogP contribution >= 0.6 is 11.8 Å². The number of hydrogen-bond donors (Lipinski definition) is 2. The SMILES string of the molecule is O=CC1NC(S(=O)(=O)O)CS1. The van der Waals surface area contributed by atoms with Gasteiger partial charge in [-0.25, -0.2) is 0 Å². The Morgan fingerprint density at radius 3 is 2.55 bits per heavy atom. The molecule has 0 aromatic heterocycles. The van der Waals surface area contributed by atoms with E-state index in [4.69, 9.17) is 4.55 Å². The minimum Gasteiger partial charge on any atom is -0.301 e. The van der Waals surface area contributed by atoms with E-state index in [0.29, 0.717) is 6.29 Å². The molecule has 7 heteroatoms. The van der Waals surface area contributed by atoms with Crippen molar-refractivity contribution in [2.75, 3.05) is 5.75 Å². The first kappa shape index (κ1) is 8.98. The topological polar surface area (TPSA) is 83.5 Å². The van der Waals surface area contributed by atoms with Crippen LogP contribution in [0.25, 0.3) is 0 Å². The molecular weight excluding hydrogens is 190 g/mol. The lowest BCUT2D eigenvalue weighted by atomic mass is 10.6. The van der Waals surface area contributed by atoms with Crippen LogP contribution in [0.15, 0.2) is 0 Å². The first-order chi connectivity index (χ1) is 5.04. The molecule has 0 aromatic rings. The monoisotopic (exact) mass is 197 g/mol. The van der Waals surface area contributed by atoms with Gasteiger partial charge in [-0.2, -0.15) is 8.42 Å². The first-order valence-corrected chi connectivity index (χ1v) is 5.38. The van der Waals surface area contributed by atoms with Crippen molar-refractivity contribution in [3.63, 3.8) is 0 Å². The van der Waals surface area contributed by atoms with Gasteiger partial charge in [0.05, 0.1) is 0 Å². The maximum absolute atomic E-state index is 10.5. The number of thioether (sulfide) groups is 1. The molecule has 0 radical (unpaired) electrons. The Morgan fingerprint density at radius 2 is 2.27 bits per heavy atom. The van der Waals surface area contributed by atoms with E-state index in [9.17, 15) is 13.2 Å². The molecule has 2 unspecified atom stereocenters. The summed E-state index contributed by atoms with van der Waals surface area (Å²) in [4.78, 5) is 10.1. The van der Waals surface area contributed by atoms with Gasteiger partial charge in [0.2, 0.25) is 0 Å². The molecule has 1 saturated heterocycles. The van der Waals surface area contributed by atoms with Gasteiger partial charge in [-0.15, -0.1) is 11.8 Å². The van der Waals surface area contributed by atoms with E-state index in [1.165, 1.54) is 0 Å². The minimum absolute atomic E-state index is 0.211. The van der Waals surface area contributed by atoms with Crippen LogP contribution < -0.4 is 5.32 Å². The van der Waals surface area contributed by atoms with Crippen LogP contribution in [0.2, 0.25) is 0 Å². The van der Waals surface area contributed by atoms with Gasteiger partial charge in [0.25, 0.3) is 10.1 Å². The number of rotatable bonds is 2. The highest BCUT2D eigenvalue weighted by molar-refractivity contribution is 8.02. The third kappa shape index (κ3) is 2.16. The Kier molecular flexibility index (Phi) is 2.53. The molecule has 5 nitrogen and oxygen atoms in total. The number of aldehydes is 1. The molecule has 1 heterocycles. The van der Waals surface area contributed by atoms with Gasteiger partial charge < -0.3 is 4.79 Å². The summed E-state index contributed by atoms with van der Waals surface area (Å²) in [6.45, 7) is 0. The predicted octanol–water partition coefficient (Wildman–Crippen LogP) is -0.938. The van der Waals surface area contributed by atoms with Gasteiger partial charge in [0, 0.05) is 5.75 Å². The van der Waals surface area contributed by atoms with Crippen LogP contribution in [0.5, 0.6) is 0 Å². The first-order valence-electron chi connectivity index (χ1n) is 2.83. The fourth-order valence-corrected chi connectivity index (χ4v) is 2.87. The molecule has 0 aromatic carbocycles. The van der Waals surface area contributed by atoms with Crippen molar-refractivity contribution in [2.24, 2.45) is 0 Å². The van der Waals surface area contributed by atoms with Crippen LogP contribution in [0.3, 0.4) is 0 Å². The van der Waals surface area contributed by atoms with Crippen molar-refractivity contribution in [3.8, 4) is 0 Å². The van der Waals surface area contributed by atoms with E-state index in [2.05, 4.69) is 5.32 Å². The van der Waals surface area contributed by atoms with Gasteiger partial charge in [-0.1, -0.05) is 0 Å². The number of hydrogen-bond acceptors (Lipinski definition) is 5. The third-order valence-electron chi connectivity index (χ3n) is 1.26. The predicted molar refractivity (Wildman–Crippen MR) is 40.8 cm³/mol. The quantitative estimate of drug-likeness (QED) is 0.439. The van der Waals surface area contributed by atoms with E-state index >= 15 is 0 Å². The average molecular weight is 197 g/mol. The smallest absolute Gasteiger partial charge is 0.281 e. The van der Waals surface area contributed by atoms with Crippen molar-refractivity contribution in [3.05, 3.63) is 0 Å². The molecule has 1 rings (SSSR count). The van der Waals surface area contributed by atoms with E-state index in [1.807, 2.05) is 0 Å². The lowest BCUT2D eigenvalue weighted by molar-refractivity contribution is -0.107. The zero-order valence-electron chi connectivity index (χ0n) is 5.43. The Labute approximate surface area is 68.3 Å². The summed E-state index contributed by atoms with van der Waals surface area (Å²) in [6.07, 6.45) is 0.607. The number of carbonyl (C=O) groups is 1. The van der Waals surface area contributed by atoms with Crippen LogP contribution in [0.4, 0.5) is 0 Å². The highest BCUT2D eigenvalue weighted by Gasteiger charge is 2.32. The minimum atomic E-state index is -4.04. The molecule has 2 N–H and O–H groups in total. The van der Waals surface area contributed by atoms with Crippen molar-refractivity contribution >= 4 is 28.2 Å². The van der Waals surface area contributed by atoms with Gasteiger partial charge in [0.15, 0.2) is 0 Å². The summed E-state index contributed by atoms with van der Waals surface area (Å²) < 4.78 is 29.4. The molecule has 0 spiro atoms. The van der Waals surface area contributed by atoms with Gasteiger partial charge in [0.1, 0.15) is 17.0 Å². The van der Waals surface area contributed by atoms with Gasteiger partial charge >= 0.3 is 0 Å². The number of carbonyl (C=O) groups excluding carboxylic acids is 1. The molecule has 0 saturated carbocycles. The Hall–Kier alpha value is -0.110. The lowest BCUT2D eigenvalue weighted by Crippen LogP contribution is -2.36. The second kappa shape index (κ2) is 3.10. The summed E-state index contributed by atoms with van der Waals surface area (Å²) >= 11 is 1.16. The average Bonchev–Trinajstić information content (AvgIpc) is 2.32. The molecule has 2 atom stereocenters. The van der Waals surface area contributed by atoms with Crippen molar-refractivity contribution < 1.29 is 17.8 Å². The molecule has 64 valence electrons. The van der Waals surface area contributed by atoms with Crippen LogP contribution in [-0.2, 0) is 14.9 Å². The molecule has 1 fully saturated rings. The molecule has 0 aliphatic carbocycles. The summed E-state index contributed by atoms with van der Waals surface area (Å²) in [6, 6.07) is 0. The van der Waals surface area contributed by atoms with E-state index < -0.39 is 20.9 Å². The second-order valence-corrected chi connectivity index (χ2v) is 4.83. The molecule has 1 aliphatic rings. The van der Waals surface area contributed by atoms with Crippen molar-refractivity contribution in [2.45, 2.75) is 10.7 Å². The fraction of sp³-hybridized carbons (Fsp3) is 0.750. The Bertz CT molecular complexity index is 249. The largest absolute Gasteiger partial charge is 0.301 e. The highest BCUT2D eigenvalue weighted by atomic mass is 32.2. The summed E-state index contributed by atoms with van der Waals surface area (Å²) in [7, 11) is -4.04. The van der Waals surface area contributed by atoms with Gasteiger partial charge in [-0.05, 0) is 0 Å². The van der Waals surface area contributed by atoms with E-state index in [0.717, 1.165) is 11.8 Å². The zero-order valence-corrected chi connectivity index (χ0v) is 7.06. The standard InChI is InChI=1S/C4H7NO4S2/c6-1-3-5-4(2-10-3)11(7,8)9/h1,3-5H,2H2,(H,7,8,9). The molecule has 1 aliphatic heterocycles. The molecule has 0 amide bonds. The summed E-state index contributed by atoms with van der Waals surface area (Å²) in [5, 5.41) is 0.928. The zero-order chi connectivity index (χ0) is 8.48. The third-order valence-corrected chi connectivity index (χ3v) is 3.63. The maximum atomic E-state index is 10.5. The lowest BCUT2D eigenvalue weighted by Gasteiger charge is -2.04. The second-order valence-electron chi connectivity index (χ2n) is 2.06. The molecular formula is C4H7NO4S2. The highest BCUT2D eigenvalue weighted by Crippen LogP contribution is 2.19. The van der Waals surface area contributed by atoms with Crippen molar-refractivity contribution in [1.82, 2.24) is 5.32 Å². The molecule has 11 heavy (non-hydrogen) atoms. The summed E-state index contributed by atoms with van der Waals surface area (Å²) in [5.74, 6) is 0.211. The Balaban J connectivity index is 2.62. The number of nitrogens with one attached hydrogen (secondary N) is 1. The van der Waals surface area contributed by atoms with Crippen LogP contribution in [-0.4, -0.2) is 35.8 Å². The van der Waals surface area contributed by atoms with Gasteiger partial charge in [-0.3, -0.25) is 9.87 Å². The van der Waals surface area contributed by atoms with Crippen molar-refractivity contribution in [1.29, 1.82) is 0 Å².